The fraction of sp³-hybridized carbons (Fsp3) is 0.400. The van der Waals surface area contributed by atoms with Gasteiger partial charge in [-0.3, -0.25) is 0 Å². The van der Waals surface area contributed by atoms with E-state index in [9.17, 15) is 4.39 Å². The largest absolute Gasteiger partial charge is 0.393 e. The van der Waals surface area contributed by atoms with E-state index < -0.39 is 5.82 Å². The molecule has 0 aromatic heterocycles. The van der Waals surface area contributed by atoms with Crippen molar-refractivity contribution in [3.05, 3.63) is 33.6 Å². The predicted octanol–water partition coefficient (Wildman–Crippen LogP) is 3.37. The van der Waals surface area contributed by atoms with Crippen LogP contribution in [0.25, 0.3) is 0 Å². The fourth-order valence-corrected chi connectivity index (χ4v) is 2.23. The minimum absolute atomic E-state index is 0.0404. The van der Waals surface area contributed by atoms with Crippen molar-refractivity contribution in [2.45, 2.75) is 24.9 Å². The highest BCUT2D eigenvalue weighted by Gasteiger charge is 2.30. The average molecular weight is 235 g/mol. The molecule has 1 N–H and O–H groups in total. The van der Waals surface area contributed by atoms with Gasteiger partial charge in [0.1, 0.15) is 5.82 Å². The van der Waals surface area contributed by atoms with Crippen LogP contribution in [0.3, 0.4) is 0 Å². The Hall–Kier alpha value is -0.310. The topological polar surface area (TPSA) is 20.2 Å². The van der Waals surface area contributed by atoms with Gasteiger partial charge in [-0.1, -0.05) is 23.2 Å². The summed E-state index contributed by atoms with van der Waals surface area (Å²) in [4.78, 5) is 0. The van der Waals surface area contributed by atoms with E-state index in [4.69, 9.17) is 28.3 Å². The first-order valence-corrected chi connectivity index (χ1v) is 5.16. The minimum atomic E-state index is -0.451. The third kappa shape index (κ3) is 1.74. The first-order valence-electron chi connectivity index (χ1n) is 4.40. The van der Waals surface area contributed by atoms with Crippen molar-refractivity contribution in [3.63, 3.8) is 0 Å². The SMILES string of the molecule is OC1CC(c2cc(F)c(Cl)cc2Cl)C1. The Kier molecular flexibility index (Phi) is 2.69. The number of aliphatic hydroxyl groups is 1. The van der Waals surface area contributed by atoms with Crippen LogP contribution in [0.15, 0.2) is 12.1 Å². The lowest BCUT2D eigenvalue weighted by molar-refractivity contribution is 0.0746. The number of benzene rings is 1. The maximum atomic E-state index is 13.1. The minimum Gasteiger partial charge on any atom is -0.393 e. The van der Waals surface area contributed by atoms with Gasteiger partial charge in [-0.15, -0.1) is 0 Å². The molecule has 0 aliphatic heterocycles. The van der Waals surface area contributed by atoms with E-state index in [1.54, 1.807) is 0 Å². The molecule has 4 heteroatoms. The fourth-order valence-electron chi connectivity index (χ4n) is 1.69. The van der Waals surface area contributed by atoms with Crippen LogP contribution in [-0.2, 0) is 0 Å². The van der Waals surface area contributed by atoms with Crippen LogP contribution in [0.1, 0.15) is 24.3 Å². The molecule has 0 amide bonds. The first kappa shape index (κ1) is 10.2. The zero-order valence-corrected chi connectivity index (χ0v) is 8.82. The molecule has 14 heavy (non-hydrogen) atoms. The van der Waals surface area contributed by atoms with Crippen LogP contribution in [0.4, 0.5) is 4.39 Å². The normalized spacial score (nSPS) is 26.0. The van der Waals surface area contributed by atoms with E-state index >= 15 is 0 Å². The van der Waals surface area contributed by atoms with E-state index in [0.29, 0.717) is 17.9 Å². The summed E-state index contributed by atoms with van der Waals surface area (Å²) in [5.74, 6) is -0.281. The predicted molar refractivity (Wildman–Crippen MR) is 54.4 cm³/mol. The van der Waals surface area contributed by atoms with Crippen molar-refractivity contribution in [1.29, 1.82) is 0 Å². The van der Waals surface area contributed by atoms with Gasteiger partial charge >= 0.3 is 0 Å². The Balaban J connectivity index is 2.30. The third-order valence-electron chi connectivity index (χ3n) is 2.59. The molecule has 1 aliphatic carbocycles. The van der Waals surface area contributed by atoms with Gasteiger partial charge in [0.05, 0.1) is 11.1 Å². The Morgan fingerprint density at radius 1 is 1.21 bits per heavy atom. The van der Waals surface area contributed by atoms with Crippen LogP contribution < -0.4 is 0 Å². The van der Waals surface area contributed by atoms with Crippen LogP contribution in [0.2, 0.25) is 10.0 Å². The molecule has 0 radical (unpaired) electrons. The van der Waals surface area contributed by atoms with Gasteiger partial charge in [-0.05, 0) is 36.5 Å². The number of halogens is 3. The van der Waals surface area contributed by atoms with Crippen LogP contribution in [-0.4, -0.2) is 11.2 Å². The van der Waals surface area contributed by atoms with Gasteiger partial charge in [0.25, 0.3) is 0 Å². The second-order valence-electron chi connectivity index (χ2n) is 3.61. The summed E-state index contributed by atoms with van der Waals surface area (Å²) in [6.45, 7) is 0. The molecule has 2 rings (SSSR count). The molecule has 0 unspecified atom stereocenters. The summed E-state index contributed by atoms with van der Waals surface area (Å²) in [6.07, 6.45) is 1.04. The van der Waals surface area contributed by atoms with Crippen molar-refractivity contribution in [1.82, 2.24) is 0 Å². The quantitative estimate of drug-likeness (QED) is 0.740. The zero-order chi connectivity index (χ0) is 10.3. The van der Waals surface area contributed by atoms with Crippen molar-refractivity contribution in [2.75, 3.05) is 0 Å². The van der Waals surface area contributed by atoms with Crippen molar-refractivity contribution in [3.8, 4) is 0 Å². The summed E-state index contributed by atoms with van der Waals surface area (Å²) in [5, 5.41) is 9.65. The molecule has 1 nitrogen and oxygen atoms in total. The van der Waals surface area contributed by atoms with Crippen molar-refractivity contribution < 1.29 is 9.50 Å². The Bertz CT molecular complexity index is 361. The molecule has 0 spiro atoms. The molecule has 0 saturated heterocycles. The average Bonchev–Trinajstić information content (AvgIpc) is 2.07. The number of hydrogen-bond acceptors (Lipinski definition) is 1. The molecule has 1 aromatic carbocycles. The first-order chi connectivity index (χ1) is 6.58. The van der Waals surface area contributed by atoms with Crippen LogP contribution in [0, 0.1) is 5.82 Å². The number of rotatable bonds is 1. The summed E-state index contributed by atoms with van der Waals surface area (Å²) < 4.78 is 13.1. The molecule has 0 heterocycles. The number of hydrogen-bond donors (Lipinski definition) is 1. The van der Waals surface area contributed by atoms with E-state index in [1.807, 2.05) is 0 Å². The second kappa shape index (κ2) is 3.69. The van der Waals surface area contributed by atoms with Gasteiger partial charge in [0.2, 0.25) is 0 Å². The van der Waals surface area contributed by atoms with Gasteiger partial charge in [-0.25, -0.2) is 4.39 Å². The van der Waals surface area contributed by atoms with Crippen molar-refractivity contribution >= 4 is 23.2 Å². The van der Waals surface area contributed by atoms with E-state index in [-0.39, 0.29) is 17.0 Å². The monoisotopic (exact) mass is 234 g/mol. The van der Waals surface area contributed by atoms with E-state index in [0.717, 1.165) is 5.56 Å². The summed E-state index contributed by atoms with van der Waals surface area (Å²) in [7, 11) is 0. The zero-order valence-electron chi connectivity index (χ0n) is 7.30. The van der Waals surface area contributed by atoms with Crippen molar-refractivity contribution in [2.24, 2.45) is 0 Å². The highest BCUT2D eigenvalue weighted by Crippen LogP contribution is 2.41. The second-order valence-corrected chi connectivity index (χ2v) is 4.42. The highest BCUT2D eigenvalue weighted by atomic mass is 35.5. The van der Waals surface area contributed by atoms with Gasteiger partial charge in [0, 0.05) is 5.02 Å². The molecule has 1 aromatic rings. The Morgan fingerprint density at radius 3 is 2.43 bits per heavy atom. The summed E-state index contributed by atoms with van der Waals surface area (Å²) in [6, 6.07) is 2.78. The summed E-state index contributed by atoms with van der Waals surface area (Å²) in [5.41, 5.74) is 0.749. The molecule has 0 atom stereocenters. The van der Waals surface area contributed by atoms with Crippen LogP contribution in [0.5, 0.6) is 0 Å². The van der Waals surface area contributed by atoms with E-state index in [1.165, 1.54) is 12.1 Å². The van der Waals surface area contributed by atoms with Crippen LogP contribution >= 0.6 is 23.2 Å². The molecule has 76 valence electrons. The highest BCUT2D eigenvalue weighted by molar-refractivity contribution is 6.35. The molecular weight excluding hydrogens is 226 g/mol. The molecule has 1 aliphatic rings. The van der Waals surface area contributed by atoms with Gasteiger partial charge in [0.15, 0.2) is 0 Å². The molecule has 0 bridgehead atoms. The summed E-state index contributed by atoms with van der Waals surface area (Å²) >= 11 is 11.5. The molecule has 1 saturated carbocycles. The lowest BCUT2D eigenvalue weighted by Crippen LogP contribution is -2.26. The Morgan fingerprint density at radius 2 is 1.86 bits per heavy atom. The lowest BCUT2D eigenvalue weighted by atomic mass is 9.77. The standard InChI is InChI=1S/C10H9Cl2FO/c11-8-4-9(12)10(13)3-7(8)5-1-6(14)2-5/h3-6,14H,1-2H2. The number of aliphatic hydroxyl groups excluding tert-OH is 1. The van der Waals surface area contributed by atoms with Gasteiger partial charge < -0.3 is 5.11 Å². The maximum absolute atomic E-state index is 13.1. The smallest absolute Gasteiger partial charge is 0.142 e. The third-order valence-corrected chi connectivity index (χ3v) is 3.21. The maximum Gasteiger partial charge on any atom is 0.142 e. The molecular formula is C10H9Cl2FO. The van der Waals surface area contributed by atoms with E-state index in [2.05, 4.69) is 0 Å². The molecule has 1 fully saturated rings. The van der Waals surface area contributed by atoms with Gasteiger partial charge in [-0.2, -0.15) is 0 Å². The Labute approximate surface area is 91.5 Å². The lowest BCUT2D eigenvalue weighted by Gasteiger charge is -2.32.